The Morgan fingerprint density at radius 2 is 1.60 bits per heavy atom. The van der Waals surface area contributed by atoms with E-state index in [4.69, 9.17) is 4.74 Å². The molecule has 2 fully saturated rings. The van der Waals surface area contributed by atoms with Gasteiger partial charge in [-0.2, -0.15) is 8.61 Å². The molecule has 0 aromatic heterocycles. The molecule has 1 aromatic carbocycles. The molecule has 0 unspecified atom stereocenters. The van der Waals surface area contributed by atoms with Crippen LogP contribution in [0.1, 0.15) is 26.2 Å². The van der Waals surface area contributed by atoms with Crippen LogP contribution in [0, 0.1) is 0 Å². The van der Waals surface area contributed by atoms with Gasteiger partial charge in [-0.15, -0.1) is 0 Å². The van der Waals surface area contributed by atoms with Gasteiger partial charge in [-0.1, -0.05) is 12.5 Å². The Kier molecular flexibility index (Phi) is 5.50. The molecule has 1 aromatic rings. The fraction of sp³-hybridized carbons (Fsp3) is 0.625. The first-order valence-corrected chi connectivity index (χ1v) is 11.4. The normalized spacial score (nSPS) is 24.3. The Balaban J connectivity index is 1.93. The third-order valence-corrected chi connectivity index (χ3v) is 8.67. The summed E-state index contributed by atoms with van der Waals surface area (Å²) >= 11 is 0. The van der Waals surface area contributed by atoms with Crippen molar-refractivity contribution in [1.82, 2.24) is 8.61 Å². The van der Waals surface area contributed by atoms with Gasteiger partial charge in [-0.05, 0) is 38.0 Å². The van der Waals surface area contributed by atoms with Gasteiger partial charge in [-0.3, -0.25) is 0 Å². The van der Waals surface area contributed by atoms with E-state index in [0.717, 1.165) is 19.3 Å². The minimum atomic E-state index is -3.72. The molecule has 7 nitrogen and oxygen atoms in total. The summed E-state index contributed by atoms with van der Waals surface area (Å²) in [5, 5.41) is 0. The van der Waals surface area contributed by atoms with Crippen molar-refractivity contribution in [3.63, 3.8) is 0 Å². The smallest absolute Gasteiger partial charge is 0.243 e. The molecule has 0 bridgehead atoms. The van der Waals surface area contributed by atoms with E-state index in [1.54, 1.807) is 0 Å². The van der Waals surface area contributed by atoms with Crippen molar-refractivity contribution in [2.45, 2.75) is 42.0 Å². The molecule has 0 aliphatic carbocycles. The van der Waals surface area contributed by atoms with Crippen molar-refractivity contribution in [2.24, 2.45) is 0 Å². The quantitative estimate of drug-likeness (QED) is 0.776. The SMILES string of the molecule is C[C@@H]1CCCCN1S(=O)(=O)c1cccc(S(=O)(=O)N2CCOCC2)c1. The monoisotopic (exact) mass is 388 g/mol. The van der Waals surface area contributed by atoms with Crippen LogP contribution < -0.4 is 0 Å². The molecule has 0 saturated carbocycles. The van der Waals surface area contributed by atoms with Gasteiger partial charge in [0, 0.05) is 25.7 Å². The van der Waals surface area contributed by atoms with Gasteiger partial charge in [0.15, 0.2) is 0 Å². The topological polar surface area (TPSA) is 84.0 Å². The Morgan fingerprint density at radius 3 is 2.24 bits per heavy atom. The third-order valence-electron chi connectivity index (χ3n) is 4.76. The molecule has 3 rings (SSSR count). The van der Waals surface area contributed by atoms with Crippen LogP contribution >= 0.6 is 0 Å². The lowest BCUT2D eigenvalue weighted by Gasteiger charge is -2.32. The van der Waals surface area contributed by atoms with Crippen LogP contribution in [-0.2, 0) is 24.8 Å². The van der Waals surface area contributed by atoms with Crippen LogP contribution in [0.5, 0.6) is 0 Å². The van der Waals surface area contributed by atoms with Crippen molar-refractivity contribution in [1.29, 1.82) is 0 Å². The van der Waals surface area contributed by atoms with E-state index in [-0.39, 0.29) is 28.9 Å². The van der Waals surface area contributed by atoms with Crippen molar-refractivity contribution >= 4 is 20.0 Å². The molecule has 2 aliphatic heterocycles. The number of nitrogens with zero attached hydrogens (tertiary/aromatic N) is 2. The highest BCUT2D eigenvalue weighted by Crippen LogP contribution is 2.27. The molecule has 2 aliphatic rings. The van der Waals surface area contributed by atoms with E-state index in [1.807, 2.05) is 6.92 Å². The van der Waals surface area contributed by atoms with Crippen LogP contribution in [0.15, 0.2) is 34.1 Å². The zero-order valence-corrected chi connectivity index (χ0v) is 15.9. The van der Waals surface area contributed by atoms with E-state index in [9.17, 15) is 16.8 Å². The summed E-state index contributed by atoms with van der Waals surface area (Å²) in [5.41, 5.74) is 0. The number of morpholine rings is 1. The number of hydrogen-bond donors (Lipinski definition) is 0. The van der Waals surface area contributed by atoms with E-state index in [2.05, 4.69) is 0 Å². The van der Waals surface area contributed by atoms with Gasteiger partial charge in [-0.25, -0.2) is 16.8 Å². The highest BCUT2D eigenvalue weighted by Gasteiger charge is 2.33. The summed E-state index contributed by atoms with van der Waals surface area (Å²) in [6.07, 6.45) is 2.67. The summed E-state index contributed by atoms with van der Waals surface area (Å²) in [5.74, 6) is 0. The molecule has 1 atom stereocenters. The van der Waals surface area contributed by atoms with Gasteiger partial charge in [0.25, 0.3) is 0 Å². The van der Waals surface area contributed by atoms with Gasteiger partial charge in [0.05, 0.1) is 23.0 Å². The molecule has 2 heterocycles. The second kappa shape index (κ2) is 7.32. The van der Waals surface area contributed by atoms with Crippen molar-refractivity contribution in [3.05, 3.63) is 24.3 Å². The molecular weight excluding hydrogens is 364 g/mol. The minimum absolute atomic E-state index is 0.0140. The van der Waals surface area contributed by atoms with Crippen LogP contribution in [-0.4, -0.2) is 64.3 Å². The summed E-state index contributed by atoms with van der Waals surface area (Å²) in [6, 6.07) is 5.62. The molecule has 9 heteroatoms. The predicted molar refractivity (Wildman–Crippen MR) is 93.2 cm³/mol. The lowest BCUT2D eigenvalue weighted by atomic mass is 10.1. The number of piperidine rings is 1. The Labute approximate surface area is 149 Å². The Morgan fingerprint density at radius 1 is 0.960 bits per heavy atom. The Bertz CT molecular complexity index is 817. The average Bonchev–Trinajstić information content (AvgIpc) is 2.63. The third kappa shape index (κ3) is 3.75. The number of benzene rings is 1. The maximum atomic E-state index is 13.0. The molecule has 25 heavy (non-hydrogen) atoms. The van der Waals surface area contributed by atoms with Gasteiger partial charge >= 0.3 is 0 Å². The average molecular weight is 389 g/mol. The van der Waals surface area contributed by atoms with Crippen molar-refractivity contribution in [3.8, 4) is 0 Å². The molecule has 140 valence electrons. The number of sulfonamides is 2. The lowest BCUT2D eigenvalue weighted by Crippen LogP contribution is -2.42. The van der Waals surface area contributed by atoms with Crippen LogP contribution in [0.25, 0.3) is 0 Å². The molecule has 0 N–H and O–H groups in total. The number of ether oxygens (including phenoxy) is 1. The first kappa shape index (κ1) is 18.8. The zero-order valence-electron chi connectivity index (χ0n) is 14.3. The highest BCUT2D eigenvalue weighted by molar-refractivity contribution is 7.90. The van der Waals surface area contributed by atoms with E-state index in [1.165, 1.54) is 32.9 Å². The number of rotatable bonds is 4. The van der Waals surface area contributed by atoms with Crippen molar-refractivity contribution in [2.75, 3.05) is 32.8 Å². The Hall–Kier alpha value is -1.00. The molecule has 0 radical (unpaired) electrons. The lowest BCUT2D eigenvalue weighted by molar-refractivity contribution is 0.0730. The second-order valence-electron chi connectivity index (χ2n) is 6.45. The molecular formula is C16H24N2O5S2. The van der Waals surface area contributed by atoms with Gasteiger partial charge < -0.3 is 4.74 Å². The molecule has 0 spiro atoms. The van der Waals surface area contributed by atoms with E-state index in [0.29, 0.717) is 19.8 Å². The van der Waals surface area contributed by atoms with E-state index < -0.39 is 20.0 Å². The predicted octanol–water partition coefficient (Wildman–Crippen LogP) is 1.27. The minimum Gasteiger partial charge on any atom is -0.379 e. The van der Waals surface area contributed by atoms with Crippen LogP contribution in [0.2, 0.25) is 0 Å². The second-order valence-corrected chi connectivity index (χ2v) is 10.3. The summed E-state index contributed by atoms with van der Waals surface area (Å²) in [4.78, 5) is 0.0516. The molecule has 2 saturated heterocycles. The van der Waals surface area contributed by atoms with Crippen LogP contribution in [0.4, 0.5) is 0 Å². The summed E-state index contributed by atoms with van der Waals surface area (Å²) in [7, 11) is -7.42. The zero-order chi connectivity index (χ0) is 18.1. The van der Waals surface area contributed by atoms with E-state index >= 15 is 0 Å². The van der Waals surface area contributed by atoms with Gasteiger partial charge in [0.1, 0.15) is 0 Å². The first-order valence-electron chi connectivity index (χ1n) is 8.53. The summed E-state index contributed by atoms with van der Waals surface area (Å²) in [6.45, 7) is 3.63. The maximum absolute atomic E-state index is 13.0. The fourth-order valence-corrected chi connectivity index (χ4v) is 6.57. The van der Waals surface area contributed by atoms with Gasteiger partial charge in [0.2, 0.25) is 20.0 Å². The number of hydrogen-bond acceptors (Lipinski definition) is 5. The maximum Gasteiger partial charge on any atom is 0.243 e. The standard InChI is InChI=1S/C16H24N2O5S2/c1-14-5-2-3-8-18(14)25(21,22)16-7-4-6-15(13-16)24(19,20)17-9-11-23-12-10-17/h4,6-7,13-14H,2-3,5,8-12H2,1H3/t14-/m1/s1. The largest absolute Gasteiger partial charge is 0.379 e. The van der Waals surface area contributed by atoms with Crippen LogP contribution in [0.3, 0.4) is 0 Å². The summed E-state index contributed by atoms with van der Waals surface area (Å²) < 4.78 is 59.5. The fourth-order valence-electron chi connectivity index (χ4n) is 3.30. The molecule has 0 amide bonds. The highest BCUT2D eigenvalue weighted by atomic mass is 32.2. The van der Waals surface area contributed by atoms with Crippen molar-refractivity contribution < 1.29 is 21.6 Å². The first-order chi connectivity index (χ1) is 11.8.